The molecule has 7 nitrogen and oxygen atoms in total. The number of primary amides is 1. The summed E-state index contributed by atoms with van der Waals surface area (Å²) in [5.41, 5.74) is 5.26. The number of nitrogens with two attached hydrogens (primary N) is 2. The molecule has 0 aliphatic carbocycles. The van der Waals surface area contributed by atoms with E-state index >= 15 is 0 Å². The molecule has 0 radical (unpaired) electrons. The van der Waals surface area contributed by atoms with E-state index in [1.165, 1.54) is 0 Å². The molecule has 2 heterocycles. The largest absolute Gasteiger partial charge is 0.369 e. The van der Waals surface area contributed by atoms with Gasteiger partial charge in [-0.2, -0.15) is 0 Å². The van der Waals surface area contributed by atoms with Crippen LogP contribution in [0.5, 0.6) is 0 Å². The van der Waals surface area contributed by atoms with Crippen LogP contribution in [0.3, 0.4) is 0 Å². The lowest BCUT2D eigenvalue weighted by Gasteiger charge is -2.31. The number of carbonyl (C=O) groups is 3. The Hall–Kier alpha value is -1.63. The predicted octanol–water partition coefficient (Wildman–Crippen LogP) is -2.84. The third kappa shape index (κ3) is 3.44. The Labute approximate surface area is 111 Å². The van der Waals surface area contributed by atoms with Crippen molar-refractivity contribution in [1.82, 2.24) is 10.2 Å². The van der Waals surface area contributed by atoms with Crippen LogP contribution in [0.1, 0.15) is 19.3 Å². The summed E-state index contributed by atoms with van der Waals surface area (Å²) >= 11 is 0. The minimum atomic E-state index is -0.310. The van der Waals surface area contributed by atoms with Gasteiger partial charge in [0.2, 0.25) is 11.8 Å². The maximum atomic E-state index is 12.1. The fraction of sp³-hybridized carbons (Fsp3) is 0.750. The Kier molecular flexibility index (Phi) is 4.36. The quantitative estimate of drug-likeness (QED) is 0.513. The summed E-state index contributed by atoms with van der Waals surface area (Å²) in [6.45, 7) is 2.59. The molecule has 19 heavy (non-hydrogen) atoms. The number of amides is 3. The molecule has 3 amide bonds. The van der Waals surface area contributed by atoms with Gasteiger partial charge in [0, 0.05) is 19.0 Å². The van der Waals surface area contributed by atoms with E-state index in [1.807, 2.05) is 5.32 Å². The van der Waals surface area contributed by atoms with Crippen molar-refractivity contribution in [3.63, 3.8) is 0 Å². The molecule has 1 atom stereocenters. The molecular formula is C12H21N4O3+. The molecule has 0 unspecified atom stereocenters. The second kappa shape index (κ2) is 6.01. The number of hydrogen-bond acceptors (Lipinski definition) is 3. The van der Waals surface area contributed by atoms with Crippen molar-refractivity contribution in [3.05, 3.63) is 0 Å². The van der Waals surface area contributed by atoms with Gasteiger partial charge in [-0.15, -0.1) is 0 Å². The van der Waals surface area contributed by atoms with Crippen LogP contribution in [0, 0.1) is 5.92 Å². The normalized spacial score (nSPS) is 24.9. The summed E-state index contributed by atoms with van der Waals surface area (Å²) < 4.78 is 0. The first kappa shape index (κ1) is 13.8. The Morgan fingerprint density at radius 1 is 1.37 bits per heavy atom. The number of piperazine rings is 1. The molecule has 2 fully saturated rings. The number of quaternary nitrogens is 1. The third-order valence-electron chi connectivity index (χ3n) is 3.88. The zero-order chi connectivity index (χ0) is 13.8. The second-order valence-corrected chi connectivity index (χ2v) is 5.18. The first-order valence-electron chi connectivity index (χ1n) is 6.76. The molecule has 2 saturated heterocycles. The van der Waals surface area contributed by atoms with Crippen LogP contribution in [0.15, 0.2) is 0 Å². The average molecular weight is 269 g/mol. The zero-order valence-electron chi connectivity index (χ0n) is 10.9. The lowest BCUT2D eigenvalue weighted by molar-refractivity contribution is -0.678. The second-order valence-electron chi connectivity index (χ2n) is 5.18. The lowest BCUT2D eigenvalue weighted by atomic mass is 9.96. The van der Waals surface area contributed by atoms with Gasteiger partial charge in [0.05, 0.1) is 19.5 Å². The van der Waals surface area contributed by atoms with Crippen molar-refractivity contribution in [3.8, 4) is 0 Å². The number of nitrogens with zero attached hydrogens (tertiary/aromatic N) is 1. The molecule has 2 rings (SSSR count). The third-order valence-corrected chi connectivity index (χ3v) is 3.88. The summed E-state index contributed by atoms with van der Waals surface area (Å²) in [6, 6.07) is -0.310. The van der Waals surface area contributed by atoms with Gasteiger partial charge in [0.15, 0.2) is 6.04 Å². The molecule has 7 heteroatoms. The number of likely N-dealkylation sites (tertiary alicyclic amines) is 1. The fourth-order valence-corrected chi connectivity index (χ4v) is 2.62. The smallest absolute Gasteiger partial charge is 0.278 e. The van der Waals surface area contributed by atoms with E-state index in [0.29, 0.717) is 32.5 Å². The summed E-state index contributed by atoms with van der Waals surface area (Å²) in [4.78, 5) is 36.5. The standard InChI is InChI=1S/C12H20N4O3/c13-11(18)8-1-5-16(6-2-8)10(17)7-9-12(19)15-4-3-14-9/h8-9,14H,1-7H2,(H2,13,18)(H,15,19)/p+1/t9-/m0/s1. The SMILES string of the molecule is NC(=O)C1CCN(C(=O)C[C@@H]2[NH2+]CCNC2=O)CC1. The van der Waals surface area contributed by atoms with Gasteiger partial charge in [0.1, 0.15) is 0 Å². The van der Waals surface area contributed by atoms with Crippen molar-refractivity contribution in [2.75, 3.05) is 26.2 Å². The minimum Gasteiger partial charge on any atom is -0.369 e. The van der Waals surface area contributed by atoms with E-state index in [9.17, 15) is 14.4 Å². The van der Waals surface area contributed by atoms with E-state index in [2.05, 4.69) is 5.32 Å². The summed E-state index contributed by atoms with van der Waals surface area (Å²) in [5, 5.41) is 4.67. The Morgan fingerprint density at radius 3 is 2.63 bits per heavy atom. The van der Waals surface area contributed by atoms with Gasteiger partial charge in [-0.1, -0.05) is 0 Å². The van der Waals surface area contributed by atoms with Crippen LogP contribution in [-0.4, -0.2) is 54.8 Å². The maximum absolute atomic E-state index is 12.1. The number of carbonyl (C=O) groups excluding carboxylic acids is 3. The summed E-state index contributed by atoms with van der Waals surface area (Å²) in [5.74, 6) is -0.478. The van der Waals surface area contributed by atoms with Gasteiger partial charge in [0.25, 0.3) is 5.91 Å². The van der Waals surface area contributed by atoms with E-state index in [4.69, 9.17) is 5.73 Å². The van der Waals surface area contributed by atoms with Crippen LogP contribution in [0.25, 0.3) is 0 Å². The van der Waals surface area contributed by atoms with Crippen LogP contribution in [-0.2, 0) is 14.4 Å². The van der Waals surface area contributed by atoms with E-state index < -0.39 is 0 Å². The Bertz CT molecular complexity index is 377. The molecule has 2 aliphatic heterocycles. The summed E-state index contributed by atoms with van der Waals surface area (Å²) in [6.07, 6.45) is 1.48. The van der Waals surface area contributed by atoms with Gasteiger partial charge >= 0.3 is 0 Å². The molecule has 0 aromatic carbocycles. The van der Waals surface area contributed by atoms with Gasteiger partial charge in [-0.3, -0.25) is 14.4 Å². The van der Waals surface area contributed by atoms with Gasteiger partial charge < -0.3 is 21.3 Å². The highest BCUT2D eigenvalue weighted by Gasteiger charge is 2.32. The molecule has 0 bridgehead atoms. The monoisotopic (exact) mass is 269 g/mol. The van der Waals surface area contributed by atoms with E-state index in [-0.39, 0.29) is 36.1 Å². The van der Waals surface area contributed by atoms with Gasteiger partial charge in [-0.25, -0.2) is 0 Å². The topological polar surface area (TPSA) is 109 Å². The highest BCUT2D eigenvalue weighted by Crippen LogP contribution is 2.17. The van der Waals surface area contributed by atoms with Gasteiger partial charge in [-0.05, 0) is 12.8 Å². The Morgan fingerprint density at radius 2 is 2.05 bits per heavy atom. The molecule has 0 saturated carbocycles. The molecule has 106 valence electrons. The molecule has 0 spiro atoms. The van der Waals surface area contributed by atoms with Crippen molar-refractivity contribution < 1.29 is 19.7 Å². The zero-order valence-corrected chi connectivity index (χ0v) is 10.9. The molecule has 5 N–H and O–H groups in total. The van der Waals surface area contributed by atoms with E-state index in [0.717, 1.165) is 6.54 Å². The summed E-state index contributed by atoms with van der Waals surface area (Å²) in [7, 11) is 0. The van der Waals surface area contributed by atoms with Crippen molar-refractivity contribution >= 4 is 17.7 Å². The molecule has 0 aromatic rings. The number of nitrogens with one attached hydrogen (secondary N) is 1. The molecule has 0 aromatic heterocycles. The van der Waals surface area contributed by atoms with E-state index in [1.54, 1.807) is 4.90 Å². The predicted molar refractivity (Wildman–Crippen MR) is 66.7 cm³/mol. The number of hydrogen-bond donors (Lipinski definition) is 3. The highest BCUT2D eigenvalue weighted by atomic mass is 16.2. The average Bonchev–Trinajstić information content (AvgIpc) is 2.41. The van der Waals surface area contributed by atoms with Crippen LogP contribution in [0.4, 0.5) is 0 Å². The number of piperidine rings is 1. The van der Waals surface area contributed by atoms with Crippen molar-refractivity contribution in [2.24, 2.45) is 11.7 Å². The number of rotatable bonds is 3. The van der Waals surface area contributed by atoms with Crippen molar-refractivity contribution in [1.29, 1.82) is 0 Å². The highest BCUT2D eigenvalue weighted by molar-refractivity contribution is 5.87. The van der Waals surface area contributed by atoms with Crippen LogP contribution >= 0.6 is 0 Å². The molecule has 2 aliphatic rings. The van der Waals surface area contributed by atoms with Crippen LogP contribution < -0.4 is 16.4 Å². The first-order valence-corrected chi connectivity index (χ1v) is 6.76. The molecular weight excluding hydrogens is 248 g/mol. The maximum Gasteiger partial charge on any atom is 0.278 e. The van der Waals surface area contributed by atoms with Crippen molar-refractivity contribution in [2.45, 2.75) is 25.3 Å². The Balaban J connectivity index is 1.81. The lowest BCUT2D eigenvalue weighted by Crippen LogP contribution is -2.96. The fourth-order valence-electron chi connectivity index (χ4n) is 2.62. The van der Waals surface area contributed by atoms with Crippen LogP contribution in [0.2, 0.25) is 0 Å². The first-order chi connectivity index (χ1) is 9.08. The minimum absolute atomic E-state index is 0.0128.